The van der Waals surface area contributed by atoms with E-state index in [9.17, 15) is 0 Å². The van der Waals surface area contributed by atoms with E-state index >= 15 is 0 Å². The summed E-state index contributed by atoms with van der Waals surface area (Å²) >= 11 is 1.90. The fourth-order valence-electron chi connectivity index (χ4n) is 2.07. The highest BCUT2D eigenvalue weighted by atomic mass is 32.1. The Bertz CT molecular complexity index is 275. The lowest BCUT2D eigenvalue weighted by molar-refractivity contribution is 0.428. The molecule has 1 fully saturated rings. The van der Waals surface area contributed by atoms with E-state index in [0.29, 0.717) is 5.41 Å². The molecule has 0 bridgehead atoms. The van der Waals surface area contributed by atoms with E-state index in [4.69, 9.17) is 0 Å². The van der Waals surface area contributed by atoms with Crippen molar-refractivity contribution in [1.29, 1.82) is 0 Å². The van der Waals surface area contributed by atoms with E-state index in [0.717, 1.165) is 0 Å². The molecular formula is C13H21NS. The van der Waals surface area contributed by atoms with Gasteiger partial charge in [-0.05, 0) is 55.5 Å². The third-order valence-corrected chi connectivity index (χ3v) is 4.30. The molecule has 0 radical (unpaired) electrons. The Hall–Kier alpha value is -0.340. The zero-order valence-corrected chi connectivity index (χ0v) is 10.4. The molecule has 0 unspecified atom stereocenters. The fourth-order valence-corrected chi connectivity index (χ4v) is 2.77. The van der Waals surface area contributed by atoms with E-state index in [2.05, 4.69) is 29.8 Å². The molecule has 1 aliphatic carbocycles. The van der Waals surface area contributed by atoms with Crippen LogP contribution >= 0.6 is 11.3 Å². The highest BCUT2D eigenvalue weighted by molar-refractivity contribution is 7.09. The molecule has 1 saturated carbocycles. The maximum Gasteiger partial charge on any atom is 0.00454 e. The molecule has 84 valence electrons. The predicted molar refractivity (Wildman–Crippen MR) is 67.5 cm³/mol. The van der Waals surface area contributed by atoms with Gasteiger partial charge in [0.1, 0.15) is 0 Å². The minimum Gasteiger partial charge on any atom is -0.316 e. The number of rotatable bonds is 7. The van der Waals surface area contributed by atoms with Crippen molar-refractivity contribution in [3.05, 3.63) is 22.4 Å². The maximum absolute atomic E-state index is 3.57. The van der Waals surface area contributed by atoms with Crippen molar-refractivity contribution in [2.24, 2.45) is 5.41 Å². The topological polar surface area (TPSA) is 12.0 Å². The second kappa shape index (κ2) is 5.13. The summed E-state index contributed by atoms with van der Waals surface area (Å²) in [5.41, 5.74) is 0.666. The van der Waals surface area contributed by atoms with Crippen LogP contribution in [0.2, 0.25) is 0 Å². The number of nitrogens with one attached hydrogen (secondary N) is 1. The van der Waals surface area contributed by atoms with Crippen LogP contribution in [-0.4, -0.2) is 13.1 Å². The minimum absolute atomic E-state index is 0.666. The lowest BCUT2D eigenvalue weighted by Gasteiger charge is -2.15. The van der Waals surface area contributed by atoms with Gasteiger partial charge >= 0.3 is 0 Å². The zero-order valence-electron chi connectivity index (χ0n) is 9.59. The Kier molecular flexibility index (Phi) is 3.81. The van der Waals surface area contributed by atoms with Crippen molar-refractivity contribution < 1.29 is 0 Å². The molecule has 0 atom stereocenters. The second-order valence-corrected chi connectivity index (χ2v) is 5.79. The first-order valence-corrected chi connectivity index (χ1v) is 6.96. The minimum atomic E-state index is 0.666. The molecule has 2 rings (SSSR count). The first kappa shape index (κ1) is 11.2. The van der Waals surface area contributed by atoms with Crippen molar-refractivity contribution in [2.75, 3.05) is 13.1 Å². The SMILES string of the molecule is CCCNCC1(CCc2cccs2)CC1. The molecule has 15 heavy (non-hydrogen) atoms. The maximum atomic E-state index is 3.57. The summed E-state index contributed by atoms with van der Waals surface area (Å²) in [6.07, 6.45) is 6.79. The van der Waals surface area contributed by atoms with Crippen LogP contribution in [0, 0.1) is 5.41 Å². The first-order chi connectivity index (χ1) is 7.35. The number of hydrogen-bond donors (Lipinski definition) is 1. The van der Waals surface area contributed by atoms with Crippen LogP contribution in [-0.2, 0) is 6.42 Å². The Balaban J connectivity index is 1.69. The van der Waals surface area contributed by atoms with Gasteiger partial charge < -0.3 is 5.32 Å². The van der Waals surface area contributed by atoms with Gasteiger partial charge in [-0.15, -0.1) is 11.3 Å². The fraction of sp³-hybridized carbons (Fsp3) is 0.692. The van der Waals surface area contributed by atoms with Gasteiger partial charge in [-0.3, -0.25) is 0 Å². The van der Waals surface area contributed by atoms with Crippen LogP contribution in [0.5, 0.6) is 0 Å². The van der Waals surface area contributed by atoms with Crippen molar-refractivity contribution in [2.45, 2.75) is 39.0 Å². The largest absolute Gasteiger partial charge is 0.316 e. The van der Waals surface area contributed by atoms with Crippen LogP contribution in [0.1, 0.15) is 37.5 Å². The molecule has 0 aromatic carbocycles. The van der Waals surface area contributed by atoms with Gasteiger partial charge in [-0.1, -0.05) is 13.0 Å². The number of hydrogen-bond acceptors (Lipinski definition) is 2. The molecule has 1 aromatic heterocycles. The third-order valence-electron chi connectivity index (χ3n) is 3.37. The van der Waals surface area contributed by atoms with E-state index in [1.165, 1.54) is 45.2 Å². The third kappa shape index (κ3) is 3.32. The van der Waals surface area contributed by atoms with Gasteiger partial charge in [-0.25, -0.2) is 0 Å². The first-order valence-electron chi connectivity index (χ1n) is 6.08. The summed E-state index contributed by atoms with van der Waals surface area (Å²) < 4.78 is 0. The predicted octanol–water partition coefficient (Wildman–Crippen LogP) is 3.46. The smallest absolute Gasteiger partial charge is 0.00454 e. The van der Waals surface area contributed by atoms with Crippen molar-refractivity contribution in [1.82, 2.24) is 5.32 Å². The Morgan fingerprint density at radius 1 is 1.47 bits per heavy atom. The van der Waals surface area contributed by atoms with Crippen LogP contribution in [0.25, 0.3) is 0 Å². The summed E-state index contributed by atoms with van der Waals surface area (Å²) in [4.78, 5) is 1.55. The Labute approximate surface area is 96.9 Å². The highest BCUT2D eigenvalue weighted by Gasteiger charge is 2.41. The van der Waals surface area contributed by atoms with Gasteiger partial charge in [0.15, 0.2) is 0 Å². The summed E-state index contributed by atoms with van der Waals surface area (Å²) in [5, 5.41) is 5.76. The van der Waals surface area contributed by atoms with Crippen molar-refractivity contribution >= 4 is 11.3 Å². The highest BCUT2D eigenvalue weighted by Crippen LogP contribution is 2.49. The monoisotopic (exact) mass is 223 g/mol. The lowest BCUT2D eigenvalue weighted by Crippen LogP contribution is -2.25. The lowest BCUT2D eigenvalue weighted by atomic mass is 9.99. The van der Waals surface area contributed by atoms with Crippen LogP contribution in [0.3, 0.4) is 0 Å². The van der Waals surface area contributed by atoms with Crippen LogP contribution in [0.15, 0.2) is 17.5 Å². The molecule has 0 amide bonds. The average Bonchev–Trinajstić information content (AvgIpc) is 2.82. The number of thiophene rings is 1. The second-order valence-electron chi connectivity index (χ2n) is 4.76. The van der Waals surface area contributed by atoms with Gasteiger partial charge in [0, 0.05) is 11.4 Å². The molecule has 2 heteroatoms. The quantitative estimate of drug-likeness (QED) is 0.698. The molecule has 1 N–H and O–H groups in total. The zero-order chi connectivity index (χ0) is 10.6. The molecule has 0 aliphatic heterocycles. The van der Waals surface area contributed by atoms with Gasteiger partial charge in [0.25, 0.3) is 0 Å². The van der Waals surface area contributed by atoms with E-state index < -0.39 is 0 Å². The van der Waals surface area contributed by atoms with E-state index in [1.807, 2.05) is 11.3 Å². The van der Waals surface area contributed by atoms with Crippen LogP contribution in [0.4, 0.5) is 0 Å². The van der Waals surface area contributed by atoms with Gasteiger partial charge in [0.2, 0.25) is 0 Å². The van der Waals surface area contributed by atoms with Gasteiger partial charge in [0.05, 0.1) is 0 Å². The molecular weight excluding hydrogens is 202 g/mol. The summed E-state index contributed by atoms with van der Waals surface area (Å²) in [7, 11) is 0. The normalized spacial score (nSPS) is 17.9. The van der Waals surface area contributed by atoms with E-state index in [1.54, 1.807) is 4.88 Å². The Morgan fingerprint density at radius 2 is 2.33 bits per heavy atom. The molecule has 1 heterocycles. The van der Waals surface area contributed by atoms with Gasteiger partial charge in [-0.2, -0.15) is 0 Å². The van der Waals surface area contributed by atoms with Crippen LogP contribution < -0.4 is 5.32 Å². The molecule has 1 aliphatic rings. The Morgan fingerprint density at radius 3 is 2.93 bits per heavy atom. The number of aryl methyl sites for hydroxylation is 1. The van der Waals surface area contributed by atoms with Crippen molar-refractivity contribution in [3.8, 4) is 0 Å². The molecule has 1 nitrogen and oxygen atoms in total. The molecule has 0 spiro atoms. The molecule has 0 saturated heterocycles. The average molecular weight is 223 g/mol. The standard InChI is InChI=1S/C13H21NS/c1-2-9-14-11-13(7-8-13)6-5-12-4-3-10-15-12/h3-4,10,14H,2,5-9,11H2,1H3. The summed E-state index contributed by atoms with van der Waals surface area (Å²) in [5.74, 6) is 0. The molecule has 1 aromatic rings. The van der Waals surface area contributed by atoms with E-state index in [-0.39, 0.29) is 0 Å². The summed E-state index contributed by atoms with van der Waals surface area (Å²) in [6.45, 7) is 4.66. The summed E-state index contributed by atoms with van der Waals surface area (Å²) in [6, 6.07) is 4.43. The van der Waals surface area contributed by atoms with Crippen molar-refractivity contribution in [3.63, 3.8) is 0 Å².